The van der Waals surface area contributed by atoms with E-state index in [9.17, 15) is 9.59 Å². The molecule has 10 heteroatoms. The summed E-state index contributed by atoms with van der Waals surface area (Å²) in [6.45, 7) is 11.4. The fourth-order valence-corrected chi connectivity index (χ4v) is 6.20. The van der Waals surface area contributed by atoms with Crippen molar-refractivity contribution in [3.8, 4) is 17.0 Å². The van der Waals surface area contributed by atoms with Crippen LogP contribution in [0.1, 0.15) is 36.2 Å². The first kappa shape index (κ1) is 27.4. The molecule has 39 heavy (non-hydrogen) atoms. The van der Waals surface area contributed by atoms with Crippen LogP contribution in [0.15, 0.2) is 30.9 Å². The lowest BCUT2D eigenvalue weighted by Gasteiger charge is -2.40. The van der Waals surface area contributed by atoms with Crippen LogP contribution in [0.3, 0.4) is 0 Å². The van der Waals surface area contributed by atoms with E-state index < -0.39 is 5.82 Å². The van der Waals surface area contributed by atoms with Gasteiger partial charge in [0.05, 0.1) is 11.7 Å². The molecule has 2 saturated heterocycles. The van der Waals surface area contributed by atoms with E-state index in [0.717, 1.165) is 6.42 Å². The number of carbonyl (C=O) groups is 2. The Labute approximate surface area is 234 Å². The average molecular weight is 556 g/mol. The van der Waals surface area contributed by atoms with E-state index in [1.807, 2.05) is 14.1 Å². The Morgan fingerprint density at radius 2 is 2.03 bits per heavy atom. The molecule has 0 saturated carbocycles. The van der Waals surface area contributed by atoms with Crippen molar-refractivity contribution in [1.82, 2.24) is 19.7 Å². The minimum atomic E-state index is -0.416. The summed E-state index contributed by atoms with van der Waals surface area (Å²) in [4.78, 5) is 39.2. The molecule has 2 fully saturated rings. The predicted molar refractivity (Wildman–Crippen MR) is 150 cm³/mol. The Morgan fingerprint density at radius 1 is 1.28 bits per heavy atom. The number of anilines is 1. The van der Waals surface area contributed by atoms with E-state index >= 15 is 4.39 Å². The Balaban J connectivity index is 1.69. The minimum Gasteiger partial charge on any atom is -0.489 e. The molecule has 0 radical (unpaired) electrons. The van der Waals surface area contributed by atoms with Crippen molar-refractivity contribution in [1.29, 1.82) is 0 Å². The highest BCUT2D eigenvalue weighted by Gasteiger charge is 2.46. The van der Waals surface area contributed by atoms with Crippen molar-refractivity contribution in [2.45, 2.75) is 44.8 Å². The van der Waals surface area contributed by atoms with Gasteiger partial charge in [-0.1, -0.05) is 30.3 Å². The van der Waals surface area contributed by atoms with Gasteiger partial charge in [0.15, 0.2) is 5.75 Å². The van der Waals surface area contributed by atoms with Crippen molar-refractivity contribution in [3.63, 3.8) is 0 Å². The molecule has 208 valence electrons. The standard InChI is InChI=1S/C29H35ClFN5O3/c1-7-21(37)34-11-12-35-19(14-34)16-39-26-22(28(35)38)27(36-15-18(33(5)6)13-29(36,3)4)32-25(23(26)30)20-10-8-9-17(2)24(20)31/h7-10,18-19H,1,11-16H2,2-6H3/t18-,19?/m1/s1. The number of halogens is 2. The maximum atomic E-state index is 15.4. The van der Waals surface area contributed by atoms with E-state index in [2.05, 4.69) is 30.2 Å². The molecule has 2 atom stereocenters. The number of aromatic nitrogens is 1. The highest BCUT2D eigenvalue weighted by molar-refractivity contribution is 6.35. The zero-order valence-corrected chi connectivity index (χ0v) is 23.9. The Kier molecular flexibility index (Phi) is 7.09. The summed E-state index contributed by atoms with van der Waals surface area (Å²) >= 11 is 6.92. The molecule has 8 nitrogen and oxygen atoms in total. The summed E-state index contributed by atoms with van der Waals surface area (Å²) in [6, 6.07) is 4.96. The van der Waals surface area contributed by atoms with Crippen LogP contribution in [0, 0.1) is 12.7 Å². The monoisotopic (exact) mass is 555 g/mol. The normalized spacial score (nSPS) is 22.4. The van der Waals surface area contributed by atoms with Crippen molar-refractivity contribution in [2.24, 2.45) is 0 Å². The first-order chi connectivity index (χ1) is 18.4. The predicted octanol–water partition coefficient (Wildman–Crippen LogP) is 4.00. The quantitative estimate of drug-likeness (QED) is 0.531. The van der Waals surface area contributed by atoms with Crippen LogP contribution in [-0.4, -0.2) is 96.0 Å². The molecule has 2 aromatic rings. The van der Waals surface area contributed by atoms with Crippen LogP contribution in [0.5, 0.6) is 5.75 Å². The van der Waals surface area contributed by atoms with E-state index in [1.54, 1.807) is 34.9 Å². The number of hydrogen-bond donors (Lipinski definition) is 0. The fraction of sp³-hybridized carbons (Fsp3) is 0.483. The van der Waals surface area contributed by atoms with Gasteiger partial charge in [0.1, 0.15) is 28.8 Å². The van der Waals surface area contributed by atoms with Gasteiger partial charge in [-0.2, -0.15) is 0 Å². The fourth-order valence-electron chi connectivity index (χ4n) is 5.91. The van der Waals surface area contributed by atoms with Crippen LogP contribution in [0.25, 0.3) is 11.3 Å². The number of piperazine rings is 1. The summed E-state index contributed by atoms with van der Waals surface area (Å²) in [5.41, 5.74) is 0.915. The van der Waals surface area contributed by atoms with Crippen molar-refractivity contribution < 1.29 is 18.7 Å². The molecule has 0 spiro atoms. The number of nitrogens with zero attached hydrogens (tertiary/aromatic N) is 5. The summed E-state index contributed by atoms with van der Waals surface area (Å²) in [7, 11) is 4.08. The molecule has 3 aliphatic heterocycles. The SMILES string of the molecule is C=CC(=O)N1CCN2C(=O)c3c(N4C[C@H](N(C)C)CC4(C)C)nc(-c4cccc(C)c4F)c(Cl)c3OCC2C1. The second kappa shape index (κ2) is 10.1. The van der Waals surface area contributed by atoms with Gasteiger partial charge in [0.25, 0.3) is 5.91 Å². The molecule has 2 amide bonds. The van der Waals surface area contributed by atoms with E-state index in [4.69, 9.17) is 21.3 Å². The molecule has 0 N–H and O–H groups in total. The zero-order valence-electron chi connectivity index (χ0n) is 23.1. The van der Waals surface area contributed by atoms with E-state index in [-0.39, 0.29) is 63.6 Å². The molecular weight excluding hydrogens is 521 g/mol. The van der Waals surface area contributed by atoms with Crippen LogP contribution >= 0.6 is 11.6 Å². The van der Waals surface area contributed by atoms with E-state index in [0.29, 0.717) is 37.6 Å². The molecule has 1 unspecified atom stereocenters. The number of likely N-dealkylation sites (N-methyl/N-ethyl adjacent to an activating group) is 1. The van der Waals surface area contributed by atoms with Gasteiger partial charge < -0.3 is 24.3 Å². The average Bonchev–Trinajstić information content (AvgIpc) is 3.15. The highest BCUT2D eigenvalue weighted by Crippen LogP contribution is 2.47. The summed E-state index contributed by atoms with van der Waals surface area (Å²) in [5, 5.41) is 0.103. The number of amides is 2. The van der Waals surface area contributed by atoms with Crippen LogP contribution in [0.4, 0.5) is 10.2 Å². The Hall–Kier alpha value is -3.17. The maximum absolute atomic E-state index is 15.4. The van der Waals surface area contributed by atoms with E-state index in [1.165, 1.54) is 6.08 Å². The van der Waals surface area contributed by atoms with Crippen LogP contribution in [0.2, 0.25) is 5.02 Å². The van der Waals surface area contributed by atoms with Gasteiger partial charge in [0, 0.05) is 43.3 Å². The van der Waals surface area contributed by atoms with Gasteiger partial charge in [0.2, 0.25) is 5.91 Å². The molecule has 3 aliphatic rings. The lowest BCUT2D eigenvalue weighted by molar-refractivity contribution is -0.128. The number of rotatable bonds is 4. The van der Waals surface area contributed by atoms with Crippen molar-refractivity contribution in [3.05, 3.63) is 52.8 Å². The minimum absolute atomic E-state index is 0.103. The van der Waals surface area contributed by atoms with Crippen molar-refractivity contribution >= 4 is 29.2 Å². The number of aryl methyl sites for hydroxylation is 1. The van der Waals surface area contributed by atoms with Gasteiger partial charge in [-0.25, -0.2) is 9.37 Å². The maximum Gasteiger partial charge on any atom is 0.261 e. The second-order valence-electron chi connectivity index (χ2n) is 11.4. The van der Waals surface area contributed by atoms with Gasteiger partial charge in [-0.05, 0) is 59.0 Å². The topological polar surface area (TPSA) is 69.2 Å². The third-order valence-electron chi connectivity index (χ3n) is 8.23. The molecular formula is C29H35ClFN5O3. The number of hydrogen-bond acceptors (Lipinski definition) is 6. The largest absolute Gasteiger partial charge is 0.489 e. The number of pyridine rings is 1. The second-order valence-corrected chi connectivity index (χ2v) is 11.8. The summed E-state index contributed by atoms with van der Waals surface area (Å²) in [6.07, 6.45) is 2.13. The Morgan fingerprint density at radius 3 is 2.69 bits per heavy atom. The van der Waals surface area contributed by atoms with Crippen LogP contribution < -0.4 is 9.64 Å². The molecule has 1 aromatic heterocycles. The summed E-state index contributed by atoms with van der Waals surface area (Å²) in [5.74, 6) is -0.198. The lowest BCUT2D eigenvalue weighted by Crippen LogP contribution is -2.57. The first-order valence-corrected chi connectivity index (χ1v) is 13.6. The van der Waals surface area contributed by atoms with Crippen LogP contribution in [-0.2, 0) is 4.79 Å². The zero-order chi connectivity index (χ0) is 28.2. The van der Waals surface area contributed by atoms with Gasteiger partial charge in [-0.15, -0.1) is 0 Å². The number of fused-ring (bicyclic) bond motifs is 2. The summed E-state index contributed by atoms with van der Waals surface area (Å²) < 4.78 is 21.7. The highest BCUT2D eigenvalue weighted by atomic mass is 35.5. The third-order valence-corrected chi connectivity index (χ3v) is 8.58. The lowest BCUT2D eigenvalue weighted by atomic mass is 9.98. The molecule has 4 heterocycles. The van der Waals surface area contributed by atoms with Crippen molar-refractivity contribution in [2.75, 3.05) is 51.8 Å². The first-order valence-electron chi connectivity index (χ1n) is 13.2. The number of benzene rings is 1. The third kappa shape index (κ3) is 4.65. The number of ether oxygens (including phenoxy) is 1. The van der Waals surface area contributed by atoms with Gasteiger partial charge in [-0.3, -0.25) is 9.59 Å². The number of carbonyl (C=O) groups excluding carboxylic acids is 2. The molecule has 5 rings (SSSR count). The van der Waals surface area contributed by atoms with Gasteiger partial charge >= 0.3 is 0 Å². The Bertz CT molecular complexity index is 1350. The molecule has 0 aliphatic carbocycles. The molecule has 1 aromatic carbocycles. The molecule has 0 bridgehead atoms. The smallest absolute Gasteiger partial charge is 0.261 e.